The van der Waals surface area contributed by atoms with E-state index in [1.807, 2.05) is 6.07 Å². The summed E-state index contributed by atoms with van der Waals surface area (Å²) in [7, 11) is 2.10. The lowest BCUT2D eigenvalue weighted by atomic mass is 10.2. The zero-order chi connectivity index (χ0) is 13.5. The molecule has 4 heteroatoms. The number of aromatic nitrogens is 2. The molecule has 1 aromatic heterocycles. The number of nitrogens with zero attached hydrogens (tertiary/aromatic N) is 3. The summed E-state index contributed by atoms with van der Waals surface area (Å²) in [6.07, 6.45) is 3.11. The van der Waals surface area contributed by atoms with Crippen molar-refractivity contribution in [2.24, 2.45) is 0 Å². The molecule has 0 amide bonds. The molecule has 0 aromatic carbocycles. The normalized spacial score (nSPS) is 12.3. The van der Waals surface area contributed by atoms with E-state index in [1.54, 1.807) is 0 Å². The lowest BCUT2D eigenvalue weighted by Crippen LogP contribution is -2.29. The Bertz CT molecular complexity index is 341. The second kappa shape index (κ2) is 7.19. The summed E-state index contributed by atoms with van der Waals surface area (Å²) in [4.78, 5) is 11.4. The van der Waals surface area contributed by atoms with Crippen LogP contribution in [0.2, 0.25) is 0 Å². The second-order valence-electron chi connectivity index (χ2n) is 4.68. The highest BCUT2D eigenvalue weighted by Gasteiger charge is 2.12. The fraction of sp³-hybridized carbons (Fsp3) is 0.714. The van der Waals surface area contributed by atoms with Crippen molar-refractivity contribution in [3.8, 4) is 0 Å². The number of nitrogens with one attached hydrogen (secondary N) is 1. The summed E-state index contributed by atoms with van der Waals surface area (Å²) in [5, 5.41) is 3.28. The largest absolute Gasteiger partial charge is 0.370 e. The van der Waals surface area contributed by atoms with Gasteiger partial charge in [-0.25, -0.2) is 9.97 Å². The predicted molar refractivity (Wildman–Crippen MR) is 78.3 cm³/mol. The maximum atomic E-state index is 4.65. The molecule has 1 N–H and O–H groups in total. The van der Waals surface area contributed by atoms with Crippen molar-refractivity contribution in [1.82, 2.24) is 9.97 Å². The van der Waals surface area contributed by atoms with Crippen LogP contribution in [0.15, 0.2) is 6.07 Å². The van der Waals surface area contributed by atoms with Gasteiger partial charge in [0.25, 0.3) is 0 Å². The molecule has 1 aromatic rings. The standard InChI is InChI=1S/C14H26N4/c1-6-9-12-16-13(15-8-3)10-14(17-12)18(5)11(4)7-2/h10-11H,6-9H2,1-5H3,(H,15,16,17). The van der Waals surface area contributed by atoms with Crippen molar-refractivity contribution in [3.05, 3.63) is 11.9 Å². The fourth-order valence-corrected chi connectivity index (χ4v) is 1.77. The van der Waals surface area contributed by atoms with Crippen LogP contribution in [0.4, 0.5) is 11.6 Å². The van der Waals surface area contributed by atoms with Gasteiger partial charge in [0.05, 0.1) is 0 Å². The molecule has 18 heavy (non-hydrogen) atoms. The van der Waals surface area contributed by atoms with Crippen molar-refractivity contribution < 1.29 is 0 Å². The van der Waals surface area contributed by atoms with Crippen LogP contribution in [-0.2, 0) is 6.42 Å². The van der Waals surface area contributed by atoms with Crippen molar-refractivity contribution >= 4 is 11.6 Å². The van der Waals surface area contributed by atoms with E-state index in [9.17, 15) is 0 Å². The first-order chi connectivity index (χ1) is 8.62. The summed E-state index contributed by atoms with van der Waals surface area (Å²) in [6, 6.07) is 2.53. The lowest BCUT2D eigenvalue weighted by molar-refractivity contribution is 0.653. The molecule has 0 aliphatic heterocycles. The smallest absolute Gasteiger partial charge is 0.134 e. The van der Waals surface area contributed by atoms with Gasteiger partial charge in [-0.15, -0.1) is 0 Å². The third kappa shape index (κ3) is 3.86. The van der Waals surface area contributed by atoms with E-state index in [0.29, 0.717) is 6.04 Å². The van der Waals surface area contributed by atoms with Crippen LogP contribution in [0, 0.1) is 0 Å². The Morgan fingerprint density at radius 1 is 1.28 bits per heavy atom. The Morgan fingerprint density at radius 2 is 2.00 bits per heavy atom. The Hall–Kier alpha value is -1.32. The highest BCUT2D eigenvalue weighted by Crippen LogP contribution is 2.18. The molecule has 0 saturated carbocycles. The van der Waals surface area contributed by atoms with Gasteiger partial charge in [-0.2, -0.15) is 0 Å². The van der Waals surface area contributed by atoms with Crippen molar-refractivity contribution in [2.75, 3.05) is 23.8 Å². The molecule has 4 nitrogen and oxygen atoms in total. The van der Waals surface area contributed by atoms with E-state index >= 15 is 0 Å². The SMILES string of the molecule is CCCc1nc(NCC)cc(N(C)C(C)CC)n1. The van der Waals surface area contributed by atoms with Gasteiger partial charge in [0.15, 0.2) is 0 Å². The number of hydrogen-bond donors (Lipinski definition) is 1. The molecule has 1 rings (SSSR count). The molecular formula is C14H26N4. The monoisotopic (exact) mass is 250 g/mol. The van der Waals surface area contributed by atoms with E-state index in [0.717, 1.165) is 43.3 Å². The quantitative estimate of drug-likeness (QED) is 0.807. The van der Waals surface area contributed by atoms with Crippen molar-refractivity contribution in [3.63, 3.8) is 0 Å². The first-order valence-electron chi connectivity index (χ1n) is 6.96. The summed E-state index contributed by atoms with van der Waals surface area (Å²) in [6.45, 7) is 9.53. The van der Waals surface area contributed by atoms with E-state index in [-0.39, 0.29) is 0 Å². The molecule has 0 aliphatic rings. The molecule has 1 heterocycles. The van der Waals surface area contributed by atoms with E-state index < -0.39 is 0 Å². The van der Waals surface area contributed by atoms with Crippen molar-refractivity contribution in [2.45, 2.75) is 53.0 Å². The van der Waals surface area contributed by atoms with Crippen LogP contribution in [0.1, 0.15) is 46.4 Å². The molecule has 0 aliphatic carbocycles. The first-order valence-corrected chi connectivity index (χ1v) is 6.96. The average Bonchev–Trinajstić information content (AvgIpc) is 2.37. The van der Waals surface area contributed by atoms with Gasteiger partial charge >= 0.3 is 0 Å². The summed E-state index contributed by atoms with van der Waals surface area (Å²) < 4.78 is 0. The molecule has 102 valence electrons. The van der Waals surface area contributed by atoms with E-state index in [1.165, 1.54) is 0 Å². The third-order valence-electron chi connectivity index (χ3n) is 3.20. The minimum absolute atomic E-state index is 0.490. The fourth-order valence-electron chi connectivity index (χ4n) is 1.77. The van der Waals surface area contributed by atoms with Crippen LogP contribution >= 0.6 is 0 Å². The van der Waals surface area contributed by atoms with Gasteiger partial charge in [-0.3, -0.25) is 0 Å². The number of aryl methyl sites for hydroxylation is 1. The van der Waals surface area contributed by atoms with E-state index in [4.69, 9.17) is 0 Å². The Kier molecular flexibility index (Phi) is 5.89. The zero-order valence-electron chi connectivity index (χ0n) is 12.3. The molecule has 1 atom stereocenters. The second-order valence-corrected chi connectivity index (χ2v) is 4.68. The number of anilines is 2. The molecule has 0 bridgehead atoms. The van der Waals surface area contributed by atoms with Crippen LogP contribution in [-0.4, -0.2) is 29.6 Å². The molecule has 0 radical (unpaired) electrons. The first kappa shape index (κ1) is 14.7. The summed E-state index contributed by atoms with van der Waals surface area (Å²) in [5.74, 6) is 2.88. The van der Waals surface area contributed by atoms with Crippen LogP contribution in [0.3, 0.4) is 0 Å². The van der Waals surface area contributed by atoms with Gasteiger partial charge in [0.2, 0.25) is 0 Å². The Balaban J connectivity index is 3.01. The number of rotatable bonds is 7. The minimum atomic E-state index is 0.490. The summed E-state index contributed by atoms with van der Waals surface area (Å²) >= 11 is 0. The molecule has 1 unspecified atom stereocenters. The van der Waals surface area contributed by atoms with Crippen LogP contribution < -0.4 is 10.2 Å². The maximum absolute atomic E-state index is 4.65. The molecule has 0 spiro atoms. The van der Waals surface area contributed by atoms with Gasteiger partial charge in [-0.05, 0) is 26.7 Å². The average molecular weight is 250 g/mol. The van der Waals surface area contributed by atoms with Crippen molar-refractivity contribution in [1.29, 1.82) is 0 Å². The summed E-state index contributed by atoms with van der Waals surface area (Å²) in [5.41, 5.74) is 0. The van der Waals surface area contributed by atoms with Gasteiger partial charge < -0.3 is 10.2 Å². The highest BCUT2D eigenvalue weighted by molar-refractivity contribution is 5.49. The van der Waals surface area contributed by atoms with Crippen LogP contribution in [0.5, 0.6) is 0 Å². The Morgan fingerprint density at radius 3 is 2.56 bits per heavy atom. The lowest BCUT2D eigenvalue weighted by Gasteiger charge is -2.25. The molecule has 0 fully saturated rings. The minimum Gasteiger partial charge on any atom is -0.370 e. The van der Waals surface area contributed by atoms with Gasteiger partial charge in [0.1, 0.15) is 17.5 Å². The maximum Gasteiger partial charge on any atom is 0.134 e. The highest BCUT2D eigenvalue weighted by atomic mass is 15.2. The number of hydrogen-bond acceptors (Lipinski definition) is 4. The predicted octanol–water partition coefficient (Wildman–Crippen LogP) is 3.10. The zero-order valence-corrected chi connectivity index (χ0v) is 12.3. The van der Waals surface area contributed by atoms with Crippen LogP contribution in [0.25, 0.3) is 0 Å². The third-order valence-corrected chi connectivity index (χ3v) is 3.20. The van der Waals surface area contributed by atoms with Gasteiger partial charge in [0, 0.05) is 32.1 Å². The molecular weight excluding hydrogens is 224 g/mol. The Labute approximate surface area is 111 Å². The topological polar surface area (TPSA) is 41.1 Å². The van der Waals surface area contributed by atoms with E-state index in [2.05, 4.69) is 54.9 Å². The molecule has 0 saturated heterocycles. The van der Waals surface area contributed by atoms with Gasteiger partial charge in [-0.1, -0.05) is 13.8 Å².